The lowest BCUT2D eigenvalue weighted by Gasteiger charge is -2.12. The first-order valence-electron chi connectivity index (χ1n) is 4.53. The lowest BCUT2D eigenvalue weighted by Crippen LogP contribution is -2.22. The molecule has 0 fully saturated rings. The van der Waals surface area contributed by atoms with Crippen LogP contribution in [0.25, 0.3) is 0 Å². The Hall–Kier alpha value is -0.483. The number of hydrogen-bond acceptors (Lipinski definition) is 4. The molecule has 0 aliphatic carbocycles. The lowest BCUT2D eigenvalue weighted by molar-refractivity contribution is 0.213. The van der Waals surface area contributed by atoms with Crippen LogP contribution in [0.2, 0.25) is 6.04 Å². The van der Waals surface area contributed by atoms with Crippen molar-refractivity contribution in [2.24, 2.45) is 0 Å². The summed E-state index contributed by atoms with van der Waals surface area (Å²) >= 11 is 0. The standard InChI is InChI=1S/C7H18O2Si.CHNO/c1-4-7-10(8-5-2)9-6-3;2-1-3/h10H,4-7H2,1-3H3;2H. The average molecular weight is 205 g/mol. The molecule has 78 valence electrons. The van der Waals surface area contributed by atoms with Gasteiger partial charge in [-0.25, -0.2) is 10.2 Å². The Kier molecular flexibility index (Phi) is 16.2. The van der Waals surface area contributed by atoms with Gasteiger partial charge in [0.15, 0.2) is 0 Å². The van der Waals surface area contributed by atoms with Gasteiger partial charge in [0, 0.05) is 13.2 Å². The van der Waals surface area contributed by atoms with Crippen LogP contribution >= 0.6 is 0 Å². The third kappa shape index (κ3) is 14.4. The van der Waals surface area contributed by atoms with E-state index in [1.54, 1.807) is 0 Å². The van der Waals surface area contributed by atoms with Crippen LogP contribution in [0.5, 0.6) is 0 Å². The first-order valence-corrected chi connectivity index (χ1v) is 6.29. The molecule has 0 unspecified atom stereocenters. The molecule has 4 nitrogen and oxygen atoms in total. The molecule has 0 aromatic heterocycles. The topological polar surface area (TPSA) is 59.4 Å². The van der Waals surface area contributed by atoms with E-state index in [0.717, 1.165) is 25.3 Å². The summed E-state index contributed by atoms with van der Waals surface area (Å²) in [4.78, 5) is 8.35. The van der Waals surface area contributed by atoms with Gasteiger partial charge in [-0.3, -0.25) is 0 Å². The van der Waals surface area contributed by atoms with Gasteiger partial charge >= 0.3 is 9.28 Å². The Bertz CT molecular complexity index is 112. The van der Waals surface area contributed by atoms with Crippen molar-refractivity contribution in [3.63, 3.8) is 0 Å². The van der Waals surface area contributed by atoms with Crippen LogP contribution in [0.1, 0.15) is 27.2 Å². The molecule has 0 amide bonds. The molecule has 0 radical (unpaired) electrons. The molecule has 0 aliphatic rings. The summed E-state index contributed by atoms with van der Waals surface area (Å²) in [7, 11) is -1.23. The van der Waals surface area contributed by atoms with Crippen molar-refractivity contribution in [1.29, 1.82) is 5.41 Å². The maximum absolute atomic E-state index is 8.35. The van der Waals surface area contributed by atoms with Crippen LogP contribution in [0.3, 0.4) is 0 Å². The number of nitrogens with one attached hydrogen (secondary N) is 1. The van der Waals surface area contributed by atoms with Crippen molar-refractivity contribution in [2.45, 2.75) is 33.2 Å². The Balaban J connectivity index is 0. The van der Waals surface area contributed by atoms with Gasteiger partial charge in [0.25, 0.3) is 0 Å². The largest absolute Gasteiger partial charge is 0.397 e. The highest BCUT2D eigenvalue weighted by Gasteiger charge is 2.08. The number of carbonyl (C=O) groups excluding carboxylic acids is 1. The summed E-state index contributed by atoms with van der Waals surface area (Å²) in [5.74, 6) is 0. The summed E-state index contributed by atoms with van der Waals surface area (Å²) < 4.78 is 10.9. The molecule has 0 saturated carbocycles. The minimum absolute atomic E-state index is 0.750. The van der Waals surface area contributed by atoms with Gasteiger partial charge in [-0.2, -0.15) is 0 Å². The summed E-state index contributed by atoms with van der Waals surface area (Å²) in [5, 5.41) is 5.40. The third-order valence-corrected chi connectivity index (χ3v) is 3.69. The summed E-state index contributed by atoms with van der Waals surface area (Å²) in [6.45, 7) is 7.81. The van der Waals surface area contributed by atoms with E-state index >= 15 is 0 Å². The molecule has 0 rings (SSSR count). The van der Waals surface area contributed by atoms with Gasteiger partial charge < -0.3 is 8.85 Å². The second-order valence-electron chi connectivity index (χ2n) is 2.23. The van der Waals surface area contributed by atoms with Gasteiger partial charge in [-0.15, -0.1) is 0 Å². The molecule has 13 heavy (non-hydrogen) atoms. The number of hydrogen-bond donors (Lipinski definition) is 1. The monoisotopic (exact) mass is 205 g/mol. The van der Waals surface area contributed by atoms with Crippen LogP contribution in [-0.4, -0.2) is 28.6 Å². The fourth-order valence-electron chi connectivity index (χ4n) is 0.822. The zero-order valence-corrected chi connectivity index (χ0v) is 9.79. The van der Waals surface area contributed by atoms with E-state index in [1.165, 1.54) is 6.42 Å². The zero-order valence-electron chi connectivity index (χ0n) is 8.63. The predicted octanol–water partition coefficient (Wildman–Crippen LogP) is 1.59. The highest BCUT2D eigenvalue weighted by atomic mass is 28.3. The second-order valence-corrected chi connectivity index (χ2v) is 4.33. The number of isocyanates is 1. The Labute approximate surface area is 81.6 Å². The van der Waals surface area contributed by atoms with E-state index in [2.05, 4.69) is 6.92 Å². The van der Waals surface area contributed by atoms with Gasteiger partial charge in [0.05, 0.1) is 0 Å². The second kappa shape index (κ2) is 14.1. The van der Waals surface area contributed by atoms with Crippen LogP contribution < -0.4 is 0 Å². The maximum Gasteiger partial charge on any atom is 0.321 e. The van der Waals surface area contributed by atoms with Gasteiger partial charge in [0.2, 0.25) is 6.08 Å². The lowest BCUT2D eigenvalue weighted by atomic mass is 10.6. The molecule has 0 bridgehead atoms. The molecule has 1 N–H and O–H groups in total. The molecule has 0 aliphatic heterocycles. The van der Waals surface area contributed by atoms with Crippen LogP contribution in [-0.2, 0) is 13.6 Å². The summed E-state index contributed by atoms with van der Waals surface area (Å²) in [6.07, 6.45) is 1.93. The van der Waals surface area contributed by atoms with Gasteiger partial charge in [0.1, 0.15) is 0 Å². The maximum atomic E-state index is 8.35. The fraction of sp³-hybridized carbons (Fsp3) is 0.875. The first-order chi connectivity index (χ1) is 6.26. The molecule has 0 saturated heterocycles. The summed E-state index contributed by atoms with van der Waals surface area (Å²) in [5.41, 5.74) is 0. The highest BCUT2D eigenvalue weighted by molar-refractivity contribution is 6.44. The molecule has 0 heterocycles. The van der Waals surface area contributed by atoms with Crippen molar-refractivity contribution in [3.8, 4) is 0 Å². The molecule has 0 atom stereocenters. The molecular weight excluding hydrogens is 186 g/mol. The Morgan fingerprint density at radius 3 is 1.85 bits per heavy atom. The van der Waals surface area contributed by atoms with E-state index in [9.17, 15) is 0 Å². The number of rotatable bonds is 6. The smallest absolute Gasteiger partial charge is 0.321 e. The SMILES string of the molecule is CCC[SiH](OCC)OCC.N=C=O. The van der Waals surface area contributed by atoms with E-state index in [0.29, 0.717) is 0 Å². The molecule has 0 aromatic carbocycles. The van der Waals surface area contributed by atoms with Crippen LogP contribution in [0.15, 0.2) is 0 Å². The van der Waals surface area contributed by atoms with Crippen molar-refractivity contribution in [3.05, 3.63) is 0 Å². The first kappa shape index (κ1) is 15.0. The molecule has 0 aromatic rings. The van der Waals surface area contributed by atoms with Crippen molar-refractivity contribution in [1.82, 2.24) is 0 Å². The van der Waals surface area contributed by atoms with Crippen molar-refractivity contribution < 1.29 is 13.6 Å². The normalized spacial score (nSPS) is 8.92. The third-order valence-electron chi connectivity index (χ3n) is 1.23. The predicted molar refractivity (Wildman–Crippen MR) is 53.9 cm³/mol. The minimum Gasteiger partial charge on any atom is -0.397 e. The van der Waals surface area contributed by atoms with Crippen molar-refractivity contribution in [2.75, 3.05) is 13.2 Å². The Morgan fingerprint density at radius 1 is 1.23 bits per heavy atom. The Morgan fingerprint density at radius 2 is 1.62 bits per heavy atom. The van der Waals surface area contributed by atoms with Gasteiger partial charge in [-0.1, -0.05) is 13.3 Å². The van der Waals surface area contributed by atoms with E-state index in [4.69, 9.17) is 19.1 Å². The molecule has 0 spiro atoms. The highest BCUT2D eigenvalue weighted by Crippen LogP contribution is 1.99. The van der Waals surface area contributed by atoms with Crippen LogP contribution in [0.4, 0.5) is 0 Å². The summed E-state index contributed by atoms with van der Waals surface area (Å²) in [6, 6.07) is 1.14. The van der Waals surface area contributed by atoms with Crippen molar-refractivity contribution >= 4 is 15.4 Å². The van der Waals surface area contributed by atoms with Gasteiger partial charge in [-0.05, 0) is 19.9 Å². The zero-order chi connectivity index (χ0) is 10.5. The average Bonchev–Trinajstić information content (AvgIpc) is 2.07. The minimum atomic E-state index is -1.23. The fourth-order valence-corrected chi connectivity index (χ4v) is 2.47. The van der Waals surface area contributed by atoms with E-state index in [-0.39, 0.29) is 0 Å². The molecular formula is C8H19NO3Si. The van der Waals surface area contributed by atoms with Crippen LogP contribution in [0, 0.1) is 5.41 Å². The molecule has 5 heteroatoms. The van der Waals surface area contributed by atoms with E-state index in [1.807, 2.05) is 13.8 Å². The quantitative estimate of drug-likeness (QED) is 0.407. The van der Waals surface area contributed by atoms with E-state index < -0.39 is 9.28 Å².